The van der Waals surface area contributed by atoms with Gasteiger partial charge < -0.3 is 15.8 Å². The maximum absolute atomic E-state index is 5.88. The van der Waals surface area contributed by atoms with Gasteiger partial charge in [0.1, 0.15) is 0 Å². The normalized spacial score (nSPS) is 18.2. The smallest absolute Gasteiger partial charge is 0.193 e. The van der Waals surface area contributed by atoms with E-state index in [1.54, 1.807) is 7.11 Å². The van der Waals surface area contributed by atoms with Crippen LogP contribution in [-0.4, -0.2) is 25.2 Å². The van der Waals surface area contributed by atoms with Gasteiger partial charge in [0.05, 0.1) is 12.1 Å². The molecule has 4 heteroatoms. The minimum atomic E-state index is -0.0705. The van der Waals surface area contributed by atoms with E-state index in [0.29, 0.717) is 12.5 Å². The highest BCUT2D eigenvalue weighted by atomic mass is 16.5. The van der Waals surface area contributed by atoms with Crippen molar-refractivity contribution in [1.29, 1.82) is 0 Å². The van der Waals surface area contributed by atoms with Crippen molar-refractivity contribution >= 4 is 11.6 Å². The number of ether oxygens (including phenoxy) is 1. The summed E-state index contributed by atoms with van der Waals surface area (Å²) in [6.07, 6.45) is 3.37. The fraction of sp³-hybridized carbons (Fsp3) is 0.500. The first-order valence-electron chi connectivity index (χ1n) is 6.32. The van der Waals surface area contributed by atoms with Crippen LogP contribution < -0.4 is 11.1 Å². The maximum atomic E-state index is 5.88. The Kier molecular flexibility index (Phi) is 3.87. The zero-order valence-electron chi connectivity index (χ0n) is 11.1. The maximum Gasteiger partial charge on any atom is 0.193 e. The van der Waals surface area contributed by atoms with Crippen LogP contribution in [0.25, 0.3) is 0 Å². The Bertz CT molecular complexity index is 433. The quantitative estimate of drug-likeness (QED) is 0.634. The molecule has 0 heterocycles. The van der Waals surface area contributed by atoms with Crippen LogP contribution >= 0.6 is 0 Å². The molecule has 0 bridgehead atoms. The number of anilines is 1. The van der Waals surface area contributed by atoms with Crippen LogP contribution in [0.1, 0.15) is 24.8 Å². The lowest BCUT2D eigenvalue weighted by atomic mass is 9.80. The number of hydrogen-bond donors (Lipinski definition) is 2. The minimum Gasteiger partial charge on any atom is -0.376 e. The Balaban J connectivity index is 1.93. The molecule has 18 heavy (non-hydrogen) atoms. The predicted molar refractivity (Wildman–Crippen MR) is 74.9 cm³/mol. The molecule has 3 N–H and O–H groups in total. The largest absolute Gasteiger partial charge is 0.376 e. The molecule has 98 valence electrons. The van der Waals surface area contributed by atoms with Crippen molar-refractivity contribution in [1.82, 2.24) is 0 Å². The van der Waals surface area contributed by atoms with E-state index in [2.05, 4.69) is 10.3 Å². The van der Waals surface area contributed by atoms with Crippen LogP contribution in [-0.2, 0) is 4.74 Å². The minimum absolute atomic E-state index is 0.0705. The van der Waals surface area contributed by atoms with Crippen molar-refractivity contribution in [3.05, 3.63) is 29.8 Å². The zero-order chi connectivity index (χ0) is 13.0. The lowest BCUT2D eigenvalue weighted by molar-refractivity contribution is -0.0629. The first-order valence-corrected chi connectivity index (χ1v) is 6.32. The van der Waals surface area contributed by atoms with Crippen molar-refractivity contribution in [3.8, 4) is 0 Å². The number of nitrogens with zero attached hydrogens (tertiary/aromatic N) is 1. The first-order chi connectivity index (χ1) is 8.63. The number of guanidine groups is 1. The molecule has 0 amide bonds. The van der Waals surface area contributed by atoms with E-state index >= 15 is 0 Å². The second kappa shape index (κ2) is 5.40. The van der Waals surface area contributed by atoms with Gasteiger partial charge in [0.25, 0.3) is 0 Å². The summed E-state index contributed by atoms with van der Waals surface area (Å²) in [5.74, 6) is 0.448. The molecular formula is C14H21N3O. The van der Waals surface area contributed by atoms with E-state index in [9.17, 15) is 0 Å². The average molecular weight is 247 g/mol. The summed E-state index contributed by atoms with van der Waals surface area (Å²) >= 11 is 0. The second-order valence-corrected chi connectivity index (χ2v) is 4.94. The summed E-state index contributed by atoms with van der Waals surface area (Å²) in [5.41, 5.74) is 7.97. The fourth-order valence-electron chi connectivity index (χ4n) is 2.14. The third-order valence-electron chi connectivity index (χ3n) is 3.53. The number of benzene rings is 1. The van der Waals surface area contributed by atoms with Gasteiger partial charge in [-0.05, 0) is 43.9 Å². The van der Waals surface area contributed by atoms with Crippen molar-refractivity contribution in [2.24, 2.45) is 10.7 Å². The van der Waals surface area contributed by atoms with Crippen LogP contribution in [0.2, 0.25) is 0 Å². The van der Waals surface area contributed by atoms with E-state index in [1.807, 2.05) is 31.2 Å². The molecule has 0 unspecified atom stereocenters. The molecule has 1 fully saturated rings. The van der Waals surface area contributed by atoms with Gasteiger partial charge in [0.2, 0.25) is 0 Å². The van der Waals surface area contributed by atoms with E-state index < -0.39 is 0 Å². The molecule has 0 aliphatic heterocycles. The molecular weight excluding hydrogens is 226 g/mol. The van der Waals surface area contributed by atoms with Crippen molar-refractivity contribution in [2.75, 3.05) is 19.0 Å². The van der Waals surface area contributed by atoms with Gasteiger partial charge in [-0.2, -0.15) is 0 Å². The summed E-state index contributed by atoms with van der Waals surface area (Å²) in [6, 6.07) is 8.06. The number of hydrogen-bond acceptors (Lipinski definition) is 2. The van der Waals surface area contributed by atoms with Gasteiger partial charge in [0, 0.05) is 12.8 Å². The number of methoxy groups -OCH3 is 1. The van der Waals surface area contributed by atoms with E-state index in [1.165, 1.54) is 12.0 Å². The Morgan fingerprint density at radius 1 is 1.50 bits per heavy atom. The van der Waals surface area contributed by atoms with Crippen LogP contribution in [0, 0.1) is 6.92 Å². The van der Waals surface area contributed by atoms with E-state index in [0.717, 1.165) is 18.5 Å². The van der Waals surface area contributed by atoms with Crippen molar-refractivity contribution in [2.45, 2.75) is 31.8 Å². The van der Waals surface area contributed by atoms with Gasteiger partial charge in [-0.3, -0.25) is 4.99 Å². The highest BCUT2D eigenvalue weighted by Gasteiger charge is 2.36. The summed E-state index contributed by atoms with van der Waals surface area (Å²) < 4.78 is 5.50. The highest BCUT2D eigenvalue weighted by molar-refractivity contribution is 5.92. The lowest BCUT2D eigenvalue weighted by Gasteiger charge is -2.39. The molecule has 1 saturated carbocycles. The molecule has 1 aromatic carbocycles. The molecule has 1 aromatic rings. The fourth-order valence-corrected chi connectivity index (χ4v) is 2.14. The SMILES string of the molecule is COC1(CN=C(N)Nc2cccc(C)c2)CCC1. The Morgan fingerprint density at radius 3 is 2.83 bits per heavy atom. The monoisotopic (exact) mass is 247 g/mol. The van der Waals surface area contributed by atoms with Crippen LogP contribution in [0.5, 0.6) is 0 Å². The third kappa shape index (κ3) is 3.01. The summed E-state index contributed by atoms with van der Waals surface area (Å²) in [5, 5.41) is 3.10. The molecule has 0 spiro atoms. The predicted octanol–water partition coefficient (Wildman–Crippen LogP) is 2.29. The van der Waals surface area contributed by atoms with Gasteiger partial charge in [0.15, 0.2) is 5.96 Å². The Hall–Kier alpha value is -1.55. The standard InChI is InChI=1S/C14H21N3O/c1-11-5-3-6-12(9-11)17-13(15)16-10-14(18-2)7-4-8-14/h3,5-6,9H,4,7-8,10H2,1-2H3,(H3,15,16,17). The molecule has 0 aromatic heterocycles. The molecule has 4 nitrogen and oxygen atoms in total. The average Bonchev–Trinajstić information content (AvgIpc) is 2.28. The van der Waals surface area contributed by atoms with Crippen molar-refractivity contribution in [3.63, 3.8) is 0 Å². The number of nitrogens with two attached hydrogens (primary N) is 1. The highest BCUT2D eigenvalue weighted by Crippen LogP contribution is 2.35. The molecule has 0 atom stereocenters. The van der Waals surface area contributed by atoms with Crippen LogP contribution in [0.4, 0.5) is 5.69 Å². The Labute approximate surface area is 108 Å². The molecule has 1 aliphatic rings. The summed E-state index contributed by atoms with van der Waals surface area (Å²) in [7, 11) is 1.75. The molecule has 2 rings (SSSR count). The van der Waals surface area contributed by atoms with E-state index in [4.69, 9.17) is 10.5 Å². The van der Waals surface area contributed by atoms with E-state index in [-0.39, 0.29) is 5.60 Å². The zero-order valence-corrected chi connectivity index (χ0v) is 11.1. The van der Waals surface area contributed by atoms with Gasteiger partial charge in [-0.1, -0.05) is 12.1 Å². The third-order valence-corrected chi connectivity index (χ3v) is 3.53. The van der Waals surface area contributed by atoms with Crippen LogP contribution in [0.3, 0.4) is 0 Å². The van der Waals surface area contributed by atoms with Crippen molar-refractivity contribution < 1.29 is 4.74 Å². The number of aryl methyl sites for hydroxylation is 1. The molecule has 1 aliphatic carbocycles. The number of aliphatic imine (C=N–C) groups is 1. The summed E-state index contributed by atoms with van der Waals surface area (Å²) in [4.78, 5) is 4.37. The lowest BCUT2D eigenvalue weighted by Crippen LogP contribution is -2.43. The van der Waals surface area contributed by atoms with Gasteiger partial charge in [-0.15, -0.1) is 0 Å². The molecule has 0 saturated heterocycles. The number of rotatable bonds is 4. The first kappa shape index (κ1) is 12.9. The topological polar surface area (TPSA) is 59.6 Å². The van der Waals surface area contributed by atoms with Crippen LogP contribution in [0.15, 0.2) is 29.3 Å². The number of nitrogens with one attached hydrogen (secondary N) is 1. The molecule has 0 radical (unpaired) electrons. The van der Waals surface area contributed by atoms with Gasteiger partial charge in [-0.25, -0.2) is 0 Å². The Morgan fingerprint density at radius 2 is 2.28 bits per heavy atom. The van der Waals surface area contributed by atoms with Gasteiger partial charge >= 0.3 is 0 Å². The second-order valence-electron chi connectivity index (χ2n) is 4.94. The summed E-state index contributed by atoms with van der Waals surface area (Å²) in [6.45, 7) is 2.68.